The number of pyridine rings is 1. The van der Waals surface area contributed by atoms with Crippen molar-refractivity contribution >= 4 is 48.8 Å². The topological polar surface area (TPSA) is 85.1 Å². The third kappa shape index (κ3) is 2.96. The van der Waals surface area contributed by atoms with Crippen molar-refractivity contribution in [3.63, 3.8) is 0 Å². The van der Waals surface area contributed by atoms with Gasteiger partial charge in [0, 0.05) is 9.85 Å². The molecule has 5 nitrogen and oxygen atoms in total. The molecule has 0 atom stereocenters. The number of hydrogen-bond donors (Lipinski definition) is 2. The molecule has 0 aliphatic rings. The van der Waals surface area contributed by atoms with Crippen LogP contribution in [0.1, 0.15) is 0 Å². The fraction of sp³-hybridized carbons (Fsp3) is 0. The van der Waals surface area contributed by atoms with E-state index < -0.39 is 10.0 Å². The van der Waals surface area contributed by atoms with Crippen molar-refractivity contribution < 1.29 is 8.42 Å². The number of aromatic nitrogens is 1. The van der Waals surface area contributed by atoms with Crippen LogP contribution in [0.3, 0.4) is 0 Å². The van der Waals surface area contributed by atoms with Gasteiger partial charge in [-0.25, -0.2) is 13.4 Å². The van der Waals surface area contributed by atoms with Crippen LogP contribution in [0.15, 0.2) is 38.5 Å². The minimum absolute atomic E-state index is 0.237. The molecule has 2 rings (SSSR count). The van der Waals surface area contributed by atoms with Gasteiger partial charge in [-0.1, -0.05) is 0 Å². The molecule has 0 aliphatic carbocycles. The highest BCUT2D eigenvalue weighted by Crippen LogP contribution is 2.25. The predicted octanol–water partition coefficient (Wildman–Crippen LogP) is 2.29. The number of hydrogen-bond acceptors (Lipinski definition) is 5. The molecule has 8 heteroatoms. The number of anilines is 2. The molecule has 0 spiro atoms. The van der Waals surface area contributed by atoms with Gasteiger partial charge in [-0.2, -0.15) is 0 Å². The largest absolute Gasteiger partial charge is 0.384 e. The number of sulfonamides is 1. The summed E-state index contributed by atoms with van der Waals surface area (Å²) in [5.41, 5.74) is 5.79. The summed E-state index contributed by atoms with van der Waals surface area (Å²) in [7, 11) is -3.55. The number of halogens is 1. The number of nitrogens with zero attached hydrogens (tertiary/aromatic N) is 1. The molecule has 2 heterocycles. The number of nitrogens with two attached hydrogens (primary N) is 1. The first-order valence-electron chi connectivity index (χ1n) is 4.46. The lowest BCUT2D eigenvalue weighted by atomic mass is 10.4. The van der Waals surface area contributed by atoms with Crippen molar-refractivity contribution in [3.8, 4) is 0 Å². The van der Waals surface area contributed by atoms with Gasteiger partial charge in [0.15, 0.2) is 0 Å². The van der Waals surface area contributed by atoms with Crippen molar-refractivity contribution in [2.24, 2.45) is 0 Å². The molecular formula is C9H8BrN3O2S2. The molecule has 0 unspecified atom stereocenters. The van der Waals surface area contributed by atoms with Crippen molar-refractivity contribution in [1.29, 1.82) is 0 Å². The lowest BCUT2D eigenvalue weighted by Crippen LogP contribution is -2.11. The van der Waals surface area contributed by atoms with Crippen LogP contribution in [0, 0.1) is 0 Å². The van der Waals surface area contributed by atoms with E-state index >= 15 is 0 Å². The average molecular weight is 334 g/mol. The fourth-order valence-electron chi connectivity index (χ4n) is 1.11. The van der Waals surface area contributed by atoms with Crippen molar-refractivity contribution in [1.82, 2.24) is 4.98 Å². The van der Waals surface area contributed by atoms with Crippen molar-refractivity contribution in [2.75, 3.05) is 10.5 Å². The van der Waals surface area contributed by atoms with E-state index in [2.05, 4.69) is 25.6 Å². The summed E-state index contributed by atoms with van der Waals surface area (Å²) in [6.07, 6.45) is 1.37. The molecule has 0 bridgehead atoms. The summed E-state index contributed by atoms with van der Waals surface area (Å²) in [6.45, 7) is 0. The first kappa shape index (κ1) is 12.3. The minimum Gasteiger partial charge on any atom is -0.384 e. The van der Waals surface area contributed by atoms with Crippen LogP contribution in [0.4, 0.5) is 11.5 Å². The molecule has 0 fully saturated rings. The van der Waals surface area contributed by atoms with Gasteiger partial charge in [0.2, 0.25) is 0 Å². The average Bonchev–Trinajstić information content (AvgIpc) is 2.69. The molecule has 0 aliphatic heterocycles. The first-order chi connectivity index (χ1) is 7.97. The Kier molecular flexibility index (Phi) is 3.36. The molecule has 0 aromatic carbocycles. The summed E-state index contributed by atoms with van der Waals surface area (Å²) in [5, 5.41) is 1.70. The fourth-order valence-corrected chi connectivity index (χ4v) is 4.00. The van der Waals surface area contributed by atoms with E-state index in [0.29, 0.717) is 11.5 Å². The number of thiophene rings is 1. The summed E-state index contributed by atoms with van der Waals surface area (Å²) in [5.74, 6) is 0.340. The van der Waals surface area contributed by atoms with Gasteiger partial charge < -0.3 is 5.73 Å². The van der Waals surface area contributed by atoms with Crippen molar-refractivity contribution in [2.45, 2.75) is 4.21 Å². The Labute approximate surface area is 111 Å². The summed E-state index contributed by atoms with van der Waals surface area (Å²) in [6, 6.07) is 4.63. The Morgan fingerprint density at radius 3 is 2.71 bits per heavy atom. The van der Waals surface area contributed by atoms with E-state index in [4.69, 9.17) is 5.73 Å². The molecule has 17 heavy (non-hydrogen) atoms. The van der Waals surface area contributed by atoms with Gasteiger partial charge in [0.05, 0.1) is 11.9 Å². The molecule has 0 radical (unpaired) electrons. The second-order valence-corrected chi connectivity index (χ2v) is 6.90. The summed E-state index contributed by atoms with van der Waals surface area (Å²) in [4.78, 5) is 3.81. The minimum atomic E-state index is -3.55. The van der Waals surface area contributed by atoms with E-state index in [-0.39, 0.29) is 4.21 Å². The van der Waals surface area contributed by atoms with Gasteiger partial charge in [0.25, 0.3) is 10.0 Å². The third-order valence-electron chi connectivity index (χ3n) is 1.85. The molecule has 0 amide bonds. The Morgan fingerprint density at radius 2 is 2.18 bits per heavy atom. The Morgan fingerprint density at radius 1 is 1.41 bits per heavy atom. The lowest BCUT2D eigenvalue weighted by molar-refractivity contribution is 0.603. The maximum absolute atomic E-state index is 11.9. The molecule has 90 valence electrons. The van der Waals surface area contributed by atoms with Crippen LogP contribution >= 0.6 is 27.3 Å². The van der Waals surface area contributed by atoms with E-state index in [1.807, 2.05) is 0 Å². The van der Waals surface area contributed by atoms with Gasteiger partial charge >= 0.3 is 0 Å². The predicted molar refractivity (Wildman–Crippen MR) is 71.5 cm³/mol. The van der Waals surface area contributed by atoms with E-state index in [1.165, 1.54) is 18.3 Å². The van der Waals surface area contributed by atoms with E-state index in [0.717, 1.165) is 15.8 Å². The standard InChI is InChI=1S/C9H8BrN3O2S2/c10-6-3-9(16-5-6)17(14,15)13-7-1-2-8(11)12-4-7/h1-5,13H,(H2,11,12). The zero-order valence-corrected chi connectivity index (χ0v) is 11.6. The van der Waals surface area contributed by atoms with Crippen molar-refractivity contribution in [3.05, 3.63) is 34.2 Å². The van der Waals surface area contributed by atoms with Crippen LogP contribution in [0.25, 0.3) is 0 Å². The number of rotatable bonds is 3. The number of nitrogen functional groups attached to an aromatic ring is 1. The highest BCUT2D eigenvalue weighted by Gasteiger charge is 2.16. The quantitative estimate of drug-likeness (QED) is 0.902. The van der Waals surface area contributed by atoms with E-state index in [1.54, 1.807) is 11.4 Å². The molecule has 0 saturated heterocycles. The van der Waals surface area contributed by atoms with Gasteiger partial charge in [0.1, 0.15) is 10.0 Å². The van der Waals surface area contributed by atoms with E-state index in [9.17, 15) is 8.42 Å². The first-order valence-corrected chi connectivity index (χ1v) is 7.61. The second-order valence-electron chi connectivity index (χ2n) is 3.16. The van der Waals surface area contributed by atoms with Gasteiger partial charge in [-0.3, -0.25) is 4.72 Å². The number of nitrogens with one attached hydrogen (secondary N) is 1. The Balaban J connectivity index is 2.26. The van der Waals surface area contributed by atoms with Gasteiger partial charge in [-0.15, -0.1) is 11.3 Å². The van der Waals surface area contributed by atoms with Crippen LogP contribution in [-0.2, 0) is 10.0 Å². The molecule has 0 saturated carbocycles. The Bertz CT molecular complexity index is 622. The molecule has 3 N–H and O–H groups in total. The SMILES string of the molecule is Nc1ccc(NS(=O)(=O)c2cc(Br)cs2)cn1. The maximum atomic E-state index is 11.9. The molecular weight excluding hydrogens is 326 g/mol. The molecule has 2 aromatic rings. The highest BCUT2D eigenvalue weighted by atomic mass is 79.9. The Hall–Kier alpha value is -1.12. The maximum Gasteiger partial charge on any atom is 0.271 e. The molecule has 2 aromatic heterocycles. The third-order valence-corrected chi connectivity index (χ3v) is 5.43. The van der Waals surface area contributed by atoms with Gasteiger partial charge in [-0.05, 0) is 34.1 Å². The smallest absolute Gasteiger partial charge is 0.271 e. The lowest BCUT2D eigenvalue weighted by Gasteiger charge is -2.05. The monoisotopic (exact) mass is 333 g/mol. The summed E-state index contributed by atoms with van der Waals surface area (Å²) >= 11 is 4.35. The van der Waals surface area contributed by atoms with Crippen LogP contribution < -0.4 is 10.5 Å². The van der Waals surface area contributed by atoms with Crippen LogP contribution in [-0.4, -0.2) is 13.4 Å². The highest BCUT2D eigenvalue weighted by molar-refractivity contribution is 9.10. The summed E-state index contributed by atoms with van der Waals surface area (Å²) < 4.78 is 27.2. The van der Waals surface area contributed by atoms with Crippen LogP contribution in [0.5, 0.6) is 0 Å². The zero-order chi connectivity index (χ0) is 12.5. The second kappa shape index (κ2) is 4.63. The zero-order valence-electron chi connectivity index (χ0n) is 8.42. The van der Waals surface area contributed by atoms with Crippen LogP contribution in [0.2, 0.25) is 0 Å². The normalized spacial score (nSPS) is 11.4.